The first-order chi connectivity index (χ1) is 13.7. The molecule has 0 bridgehead atoms. The largest absolute Gasteiger partial charge is 0.143 e. The standard InChI is InChI=1S/C27H20S/c1-18-10-12-21(13-11-18)24-16-14-19-6-2-4-8-22(19)26(24)27-23-9-5-3-7-20(23)15-17-25(27)28/h2-17,28H,1H3. The highest BCUT2D eigenvalue weighted by Crippen LogP contribution is 2.43. The lowest BCUT2D eigenvalue weighted by molar-refractivity contribution is 1.46. The number of benzene rings is 5. The van der Waals surface area contributed by atoms with Crippen LogP contribution in [-0.4, -0.2) is 0 Å². The molecule has 0 saturated carbocycles. The van der Waals surface area contributed by atoms with Gasteiger partial charge in [-0.2, -0.15) is 0 Å². The lowest BCUT2D eigenvalue weighted by atomic mass is 9.87. The monoisotopic (exact) mass is 376 g/mol. The smallest absolute Gasteiger partial charge is 0.0125 e. The van der Waals surface area contributed by atoms with Gasteiger partial charge in [-0.1, -0.05) is 96.6 Å². The number of aryl methyl sites for hydroxylation is 1. The Morgan fingerprint density at radius 3 is 1.79 bits per heavy atom. The van der Waals surface area contributed by atoms with Crippen molar-refractivity contribution >= 4 is 34.2 Å². The van der Waals surface area contributed by atoms with E-state index in [0.717, 1.165) is 4.90 Å². The molecular formula is C27H20S. The van der Waals surface area contributed by atoms with Gasteiger partial charge >= 0.3 is 0 Å². The predicted molar refractivity (Wildman–Crippen MR) is 124 cm³/mol. The van der Waals surface area contributed by atoms with Crippen LogP contribution in [0.5, 0.6) is 0 Å². The first-order valence-corrected chi connectivity index (χ1v) is 9.97. The van der Waals surface area contributed by atoms with E-state index in [-0.39, 0.29) is 0 Å². The first-order valence-electron chi connectivity index (χ1n) is 9.52. The predicted octanol–water partition coefficient (Wildman–Crippen LogP) is 7.92. The minimum absolute atomic E-state index is 1.00. The summed E-state index contributed by atoms with van der Waals surface area (Å²) >= 11 is 4.89. The summed E-state index contributed by atoms with van der Waals surface area (Å²) in [5.41, 5.74) is 6.20. The van der Waals surface area contributed by atoms with Crippen LogP contribution in [0.25, 0.3) is 43.8 Å². The molecule has 5 aromatic carbocycles. The van der Waals surface area contributed by atoms with Crippen LogP contribution in [0.1, 0.15) is 5.56 Å². The lowest BCUT2D eigenvalue weighted by Gasteiger charge is -2.18. The van der Waals surface area contributed by atoms with Crippen LogP contribution in [-0.2, 0) is 0 Å². The molecule has 0 amide bonds. The summed E-state index contributed by atoms with van der Waals surface area (Å²) in [7, 11) is 0. The zero-order chi connectivity index (χ0) is 19.1. The van der Waals surface area contributed by atoms with Crippen molar-refractivity contribution < 1.29 is 0 Å². The number of fused-ring (bicyclic) bond motifs is 2. The van der Waals surface area contributed by atoms with Crippen molar-refractivity contribution in [3.8, 4) is 22.3 Å². The fourth-order valence-corrected chi connectivity index (χ4v) is 4.34. The van der Waals surface area contributed by atoms with E-state index >= 15 is 0 Å². The SMILES string of the molecule is Cc1ccc(-c2ccc3ccccc3c2-c2c(S)ccc3ccccc23)cc1. The molecule has 0 N–H and O–H groups in total. The molecule has 5 aromatic rings. The van der Waals surface area contributed by atoms with Crippen LogP contribution in [0.2, 0.25) is 0 Å². The Labute approximate surface area is 170 Å². The van der Waals surface area contributed by atoms with Gasteiger partial charge < -0.3 is 0 Å². The normalized spacial score (nSPS) is 11.2. The third kappa shape index (κ3) is 2.80. The molecule has 5 rings (SSSR count). The van der Waals surface area contributed by atoms with Gasteiger partial charge in [-0.25, -0.2) is 0 Å². The fourth-order valence-electron chi connectivity index (χ4n) is 4.04. The molecule has 0 aliphatic rings. The minimum atomic E-state index is 1.00. The first kappa shape index (κ1) is 17.1. The minimum Gasteiger partial charge on any atom is -0.143 e. The van der Waals surface area contributed by atoms with E-state index in [9.17, 15) is 0 Å². The Balaban J connectivity index is 1.95. The third-order valence-electron chi connectivity index (χ3n) is 5.45. The average Bonchev–Trinajstić information content (AvgIpc) is 2.74. The van der Waals surface area contributed by atoms with Crippen molar-refractivity contribution in [1.82, 2.24) is 0 Å². The van der Waals surface area contributed by atoms with E-state index in [1.54, 1.807) is 0 Å². The number of rotatable bonds is 2. The highest BCUT2D eigenvalue weighted by Gasteiger charge is 2.16. The van der Waals surface area contributed by atoms with E-state index < -0.39 is 0 Å². The molecule has 0 aliphatic carbocycles. The van der Waals surface area contributed by atoms with Crippen LogP contribution in [0.15, 0.2) is 102 Å². The van der Waals surface area contributed by atoms with E-state index in [2.05, 4.69) is 104 Å². The van der Waals surface area contributed by atoms with E-state index in [1.807, 2.05) is 0 Å². The maximum atomic E-state index is 4.89. The van der Waals surface area contributed by atoms with Crippen LogP contribution in [0.3, 0.4) is 0 Å². The van der Waals surface area contributed by atoms with Gasteiger partial charge in [-0.05, 0) is 51.2 Å². The van der Waals surface area contributed by atoms with Crippen LogP contribution < -0.4 is 0 Å². The summed E-state index contributed by atoms with van der Waals surface area (Å²) < 4.78 is 0. The van der Waals surface area contributed by atoms with Gasteiger partial charge in [0.15, 0.2) is 0 Å². The van der Waals surface area contributed by atoms with Crippen molar-refractivity contribution in [1.29, 1.82) is 0 Å². The average molecular weight is 377 g/mol. The van der Waals surface area contributed by atoms with Crippen molar-refractivity contribution in [2.24, 2.45) is 0 Å². The third-order valence-corrected chi connectivity index (χ3v) is 5.82. The summed E-state index contributed by atoms with van der Waals surface area (Å²) in [5.74, 6) is 0. The Hall–Kier alpha value is -3.03. The number of hydrogen-bond acceptors (Lipinski definition) is 1. The van der Waals surface area contributed by atoms with E-state index in [4.69, 9.17) is 12.6 Å². The Bertz CT molecular complexity index is 1310. The Kier molecular flexibility index (Phi) is 4.18. The molecule has 0 radical (unpaired) electrons. The molecule has 0 saturated heterocycles. The van der Waals surface area contributed by atoms with Crippen LogP contribution in [0.4, 0.5) is 0 Å². The second-order valence-corrected chi connectivity index (χ2v) is 7.74. The van der Waals surface area contributed by atoms with Gasteiger partial charge in [0.2, 0.25) is 0 Å². The maximum absolute atomic E-state index is 4.89. The lowest BCUT2D eigenvalue weighted by Crippen LogP contribution is -1.91. The maximum Gasteiger partial charge on any atom is 0.0125 e. The van der Waals surface area contributed by atoms with Gasteiger partial charge in [0.05, 0.1) is 0 Å². The highest BCUT2D eigenvalue weighted by atomic mass is 32.1. The van der Waals surface area contributed by atoms with Crippen molar-refractivity contribution in [3.63, 3.8) is 0 Å². The molecule has 0 aromatic heterocycles. The molecule has 0 aliphatic heterocycles. The number of hydrogen-bond donors (Lipinski definition) is 1. The summed E-state index contributed by atoms with van der Waals surface area (Å²) in [6, 6.07) is 34.7. The van der Waals surface area contributed by atoms with Crippen molar-refractivity contribution in [2.45, 2.75) is 11.8 Å². The van der Waals surface area contributed by atoms with Crippen molar-refractivity contribution in [2.75, 3.05) is 0 Å². The molecule has 0 atom stereocenters. The number of thiol groups is 1. The molecule has 0 nitrogen and oxygen atoms in total. The Morgan fingerprint density at radius 1 is 0.536 bits per heavy atom. The van der Waals surface area contributed by atoms with Crippen molar-refractivity contribution in [3.05, 3.63) is 103 Å². The van der Waals surface area contributed by atoms with E-state index in [1.165, 1.54) is 49.4 Å². The molecular weight excluding hydrogens is 356 g/mol. The van der Waals surface area contributed by atoms with Gasteiger partial charge in [-0.15, -0.1) is 12.6 Å². The molecule has 134 valence electrons. The molecule has 1 heteroatoms. The molecule has 0 fully saturated rings. The summed E-state index contributed by atoms with van der Waals surface area (Å²) in [4.78, 5) is 1.00. The van der Waals surface area contributed by atoms with Gasteiger partial charge in [0.1, 0.15) is 0 Å². The van der Waals surface area contributed by atoms with Gasteiger partial charge in [0.25, 0.3) is 0 Å². The van der Waals surface area contributed by atoms with Crippen LogP contribution in [0, 0.1) is 6.92 Å². The topological polar surface area (TPSA) is 0 Å². The van der Waals surface area contributed by atoms with Gasteiger partial charge in [0, 0.05) is 10.5 Å². The zero-order valence-corrected chi connectivity index (χ0v) is 16.6. The summed E-state index contributed by atoms with van der Waals surface area (Å²) in [6.07, 6.45) is 0. The highest BCUT2D eigenvalue weighted by molar-refractivity contribution is 7.80. The van der Waals surface area contributed by atoms with E-state index in [0.29, 0.717) is 0 Å². The second-order valence-electron chi connectivity index (χ2n) is 7.26. The van der Waals surface area contributed by atoms with Crippen LogP contribution >= 0.6 is 12.6 Å². The second kappa shape index (κ2) is 6.85. The molecule has 28 heavy (non-hydrogen) atoms. The molecule has 0 heterocycles. The molecule has 0 spiro atoms. The van der Waals surface area contributed by atoms with Gasteiger partial charge in [-0.3, -0.25) is 0 Å². The quantitative estimate of drug-likeness (QED) is 0.297. The zero-order valence-electron chi connectivity index (χ0n) is 15.7. The molecule has 0 unspecified atom stereocenters. The fraction of sp³-hybridized carbons (Fsp3) is 0.0370. The summed E-state index contributed by atoms with van der Waals surface area (Å²) in [5, 5.41) is 4.97. The summed E-state index contributed by atoms with van der Waals surface area (Å²) in [6.45, 7) is 2.13. The Morgan fingerprint density at radius 2 is 1.11 bits per heavy atom.